The lowest BCUT2D eigenvalue weighted by Gasteiger charge is -2.34. The van der Waals surface area contributed by atoms with E-state index in [1.54, 1.807) is 20.8 Å². The maximum absolute atomic E-state index is 13.7. The van der Waals surface area contributed by atoms with E-state index in [0.29, 0.717) is 12.1 Å². The van der Waals surface area contributed by atoms with E-state index < -0.39 is 46.2 Å². The van der Waals surface area contributed by atoms with Gasteiger partial charge in [0, 0.05) is 5.54 Å². The summed E-state index contributed by atoms with van der Waals surface area (Å²) in [6.07, 6.45) is 0. The summed E-state index contributed by atoms with van der Waals surface area (Å²) in [4.78, 5) is 24.0. The number of carbonyl (C=O) groups is 2. The Balaban J connectivity index is 3.26. The van der Waals surface area contributed by atoms with E-state index in [4.69, 9.17) is 16.7 Å². The van der Waals surface area contributed by atoms with Crippen LogP contribution in [0.2, 0.25) is 5.02 Å². The minimum Gasteiger partial charge on any atom is -0.480 e. The van der Waals surface area contributed by atoms with Crippen molar-refractivity contribution in [1.29, 1.82) is 0 Å². The second-order valence-electron chi connectivity index (χ2n) is 5.20. The molecule has 0 aliphatic carbocycles. The van der Waals surface area contributed by atoms with Gasteiger partial charge in [0.1, 0.15) is 18.2 Å². The lowest BCUT2D eigenvalue weighted by atomic mass is 10.0. The van der Waals surface area contributed by atoms with Crippen molar-refractivity contribution < 1.29 is 23.5 Å². The van der Waals surface area contributed by atoms with Crippen LogP contribution in [-0.2, 0) is 4.79 Å². The van der Waals surface area contributed by atoms with Crippen LogP contribution >= 0.6 is 11.6 Å². The Labute approximate surface area is 119 Å². The van der Waals surface area contributed by atoms with Crippen molar-refractivity contribution in [2.45, 2.75) is 26.3 Å². The second-order valence-corrected chi connectivity index (χ2v) is 5.61. The summed E-state index contributed by atoms with van der Waals surface area (Å²) in [5, 5.41) is 8.38. The van der Waals surface area contributed by atoms with Gasteiger partial charge in [0.2, 0.25) is 0 Å². The third-order valence-corrected chi connectivity index (χ3v) is 2.88. The Bertz CT molecular complexity index is 555. The van der Waals surface area contributed by atoms with Crippen LogP contribution in [-0.4, -0.2) is 34.0 Å². The van der Waals surface area contributed by atoms with Gasteiger partial charge in [-0.15, -0.1) is 0 Å². The monoisotopic (exact) mass is 305 g/mol. The summed E-state index contributed by atoms with van der Waals surface area (Å²) in [5.41, 5.74) is -1.42. The molecular weight excluding hydrogens is 292 g/mol. The topological polar surface area (TPSA) is 57.6 Å². The molecule has 20 heavy (non-hydrogen) atoms. The first-order valence-electron chi connectivity index (χ1n) is 5.72. The highest BCUT2D eigenvalue weighted by atomic mass is 35.5. The molecule has 0 aliphatic rings. The first-order valence-corrected chi connectivity index (χ1v) is 6.10. The first-order chi connectivity index (χ1) is 9.04. The summed E-state index contributed by atoms with van der Waals surface area (Å²) in [6, 6.07) is 1.35. The van der Waals surface area contributed by atoms with Crippen molar-refractivity contribution in [1.82, 2.24) is 4.90 Å². The van der Waals surface area contributed by atoms with E-state index >= 15 is 0 Å². The number of hydrogen-bond donors (Lipinski definition) is 1. The van der Waals surface area contributed by atoms with Crippen LogP contribution in [0, 0.1) is 11.6 Å². The number of aliphatic carboxylic acids is 1. The molecule has 0 aromatic heterocycles. The van der Waals surface area contributed by atoms with E-state index in [1.165, 1.54) is 0 Å². The summed E-state index contributed by atoms with van der Waals surface area (Å²) < 4.78 is 27.1. The number of carboxylic acid groups (broad SMARTS) is 1. The van der Waals surface area contributed by atoms with Crippen LogP contribution in [0.3, 0.4) is 0 Å². The molecule has 1 aromatic rings. The number of amides is 1. The number of halogens is 3. The molecular formula is C13H14ClF2NO3. The van der Waals surface area contributed by atoms with Crippen LogP contribution in [0.4, 0.5) is 8.78 Å². The Hall–Kier alpha value is -1.69. The molecule has 0 aliphatic heterocycles. The maximum atomic E-state index is 13.7. The zero-order valence-corrected chi connectivity index (χ0v) is 12.0. The molecule has 0 saturated carbocycles. The smallest absolute Gasteiger partial charge is 0.323 e. The lowest BCUT2D eigenvalue weighted by Crippen LogP contribution is -2.48. The number of hydrogen-bond acceptors (Lipinski definition) is 2. The molecule has 1 amide bonds. The fourth-order valence-corrected chi connectivity index (χ4v) is 1.73. The number of carboxylic acids is 1. The Morgan fingerprint density at radius 3 is 2.25 bits per heavy atom. The predicted molar refractivity (Wildman–Crippen MR) is 69.8 cm³/mol. The number of carbonyl (C=O) groups excluding carboxylic acids is 1. The van der Waals surface area contributed by atoms with Gasteiger partial charge in [0.15, 0.2) is 0 Å². The number of benzene rings is 1. The molecule has 0 bridgehead atoms. The summed E-state index contributed by atoms with van der Waals surface area (Å²) in [7, 11) is 0. The quantitative estimate of drug-likeness (QED) is 0.874. The molecule has 0 heterocycles. The minimum atomic E-state index is -1.25. The molecule has 0 radical (unpaired) electrons. The Morgan fingerprint density at radius 2 is 1.80 bits per heavy atom. The van der Waals surface area contributed by atoms with Crippen LogP contribution in [0.15, 0.2) is 12.1 Å². The van der Waals surface area contributed by atoms with Crippen LogP contribution in [0.5, 0.6) is 0 Å². The van der Waals surface area contributed by atoms with Crippen LogP contribution in [0.1, 0.15) is 31.1 Å². The fraction of sp³-hybridized carbons (Fsp3) is 0.385. The number of nitrogens with zero attached hydrogens (tertiary/aromatic N) is 1. The van der Waals surface area contributed by atoms with E-state index in [-0.39, 0.29) is 0 Å². The van der Waals surface area contributed by atoms with Gasteiger partial charge in [-0.1, -0.05) is 11.6 Å². The van der Waals surface area contributed by atoms with Gasteiger partial charge in [0.25, 0.3) is 5.91 Å². The van der Waals surface area contributed by atoms with E-state index in [0.717, 1.165) is 4.90 Å². The highest BCUT2D eigenvalue weighted by Crippen LogP contribution is 2.23. The Morgan fingerprint density at radius 1 is 1.25 bits per heavy atom. The standard InChI is InChI=1S/C13H14ClF2NO3/c1-13(2,3)17(6-11(18)19)12(20)7-4-10(16)8(14)5-9(7)15/h4-5H,6H2,1-3H3,(H,18,19). The fourth-order valence-electron chi connectivity index (χ4n) is 1.58. The van der Waals surface area contributed by atoms with Crippen molar-refractivity contribution in [3.05, 3.63) is 34.4 Å². The van der Waals surface area contributed by atoms with Crippen LogP contribution in [0.25, 0.3) is 0 Å². The molecule has 1 aromatic carbocycles. The third-order valence-electron chi connectivity index (χ3n) is 2.59. The number of rotatable bonds is 3. The van der Waals surface area contributed by atoms with Gasteiger partial charge in [-0.25, -0.2) is 8.78 Å². The summed E-state index contributed by atoms with van der Waals surface area (Å²) in [6.45, 7) is 4.17. The SMILES string of the molecule is CC(C)(C)N(CC(=O)O)C(=O)c1cc(F)c(Cl)cc1F. The van der Waals surface area contributed by atoms with Gasteiger partial charge >= 0.3 is 5.97 Å². The second kappa shape index (κ2) is 5.75. The molecule has 0 spiro atoms. The van der Waals surface area contributed by atoms with Gasteiger partial charge in [-0.05, 0) is 32.9 Å². The molecule has 1 N–H and O–H groups in total. The molecule has 0 saturated heterocycles. The van der Waals surface area contributed by atoms with Crippen molar-refractivity contribution in [3.63, 3.8) is 0 Å². The van der Waals surface area contributed by atoms with Gasteiger partial charge in [0.05, 0.1) is 10.6 Å². The highest BCUT2D eigenvalue weighted by Gasteiger charge is 2.31. The van der Waals surface area contributed by atoms with Crippen LogP contribution < -0.4 is 0 Å². The predicted octanol–water partition coefficient (Wildman–Crippen LogP) is 2.94. The molecule has 0 fully saturated rings. The van der Waals surface area contributed by atoms with Crippen molar-refractivity contribution in [2.24, 2.45) is 0 Å². The van der Waals surface area contributed by atoms with E-state index in [1.807, 2.05) is 0 Å². The first kappa shape index (κ1) is 16.4. The van der Waals surface area contributed by atoms with E-state index in [9.17, 15) is 18.4 Å². The average Bonchev–Trinajstić information content (AvgIpc) is 2.28. The summed E-state index contributed by atoms with van der Waals surface area (Å²) in [5.74, 6) is -4.10. The molecule has 7 heteroatoms. The maximum Gasteiger partial charge on any atom is 0.323 e. The zero-order chi connectivity index (χ0) is 15.7. The molecule has 0 atom stereocenters. The molecule has 0 unspecified atom stereocenters. The van der Waals surface area contributed by atoms with Crippen molar-refractivity contribution in [3.8, 4) is 0 Å². The van der Waals surface area contributed by atoms with Crippen molar-refractivity contribution in [2.75, 3.05) is 6.54 Å². The minimum absolute atomic E-state index is 0.445. The van der Waals surface area contributed by atoms with Gasteiger partial charge in [-0.2, -0.15) is 0 Å². The zero-order valence-electron chi connectivity index (χ0n) is 11.2. The third kappa shape index (κ3) is 3.66. The molecule has 4 nitrogen and oxygen atoms in total. The lowest BCUT2D eigenvalue weighted by molar-refractivity contribution is -0.138. The largest absolute Gasteiger partial charge is 0.480 e. The van der Waals surface area contributed by atoms with Crippen molar-refractivity contribution >= 4 is 23.5 Å². The van der Waals surface area contributed by atoms with Gasteiger partial charge < -0.3 is 10.0 Å². The highest BCUT2D eigenvalue weighted by molar-refractivity contribution is 6.30. The van der Waals surface area contributed by atoms with Gasteiger partial charge in [-0.3, -0.25) is 9.59 Å². The van der Waals surface area contributed by atoms with E-state index in [2.05, 4.69) is 0 Å². The molecule has 110 valence electrons. The average molecular weight is 306 g/mol. The summed E-state index contributed by atoms with van der Waals surface area (Å²) >= 11 is 5.41. The Kier molecular flexibility index (Phi) is 4.70. The normalized spacial score (nSPS) is 11.3. The molecule has 1 rings (SSSR count).